The molecule has 0 atom stereocenters. The highest BCUT2D eigenvalue weighted by molar-refractivity contribution is 5.79. The number of guanidine groups is 1. The predicted molar refractivity (Wildman–Crippen MR) is 88.7 cm³/mol. The number of aryl methyl sites for hydroxylation is 1. The topological polar surface area (TPSA) is 41.4 Å². The number of hydrogen-bond acceptors (Lipinski definition) is 1. The number of aliphatic imine (C=N–C) groups is 1. The maximum Gasteiger partial charge on any atom is 0.191 e. The van der Waals surface area contributed by atoms with Gasteiger partial charge < -0.3 is 15.2 Å². The number of aromatic nitrogens is 1. The molecule has 4 nitrogen and oxygen atoms in total. The minimum Gasteiger partial charge on any atom is -0.356 e. The van der Waals surface area contributed by atoms with E-state index in [0.717, 1.165) is 32.0 Å². The fraction of sp³-hybridized carbons (Fsp3) is 0.353. The molecule has 2 rings (SSSR count). The second-order valence-electron chi connectivity index (χ2n) is 5.09. The zero-order valence-electron chi connectivity index (χ0n) is 12.8. The Morgan fingerprint density at radius 1 is 1.10 bits per heavy atom. The lowest BCUT2D eigenvalue weighted by Gasteiger charge is -2.12. The van der Waals surface area contributed by atoms with E-state index in [2.05, 4.69) is 63.8 Å². The van der Waals surface area contributed by atoms with Gasteiger partial charge in [-0.15, -0.1) is 0 Å². The van der Waals surface area contributed by atoms with Crippen LogP contribution in [0.15, 0.2) is 53.8 Å². The zero-order valence-corrected chi connectivity index (χ0v) is 12.8. The molecule has 0 bridgehead atoms. The molecule has 0 amide bonds. The van der Waals surface area contributed by atoms with Gasteiger partial charge in [0, 0.05) is 39.1 Å². The summed E-state index contributed by atoms with van der Waals surface area (Å²) in [5, 5.41) is 6.67. The van der Waals surface area contributed by atoms with Crippen molar-refractivity contribution >= 4 is 5.96 Å². The minimum absolute atomic E-state index is 0.856. The van der Waals surface area contributed by atoms with Crippen LogP contribution in [-0.2, 0) is 13.0 Å². The summed E-state index contributed by atoms with van der Waals surface area (Å²) >= 11 is 0. The first-order chi connectivity index (χ1) is 10.3. The standard InChI is InChI=1S/C17H24N4/c1-15-6-5-7-16(14-15)8-9-19-17(18-2)20-10-13-21-11-3-4-12-21/h3-7,11-12,14H,8-10,13H2,1-2H3,(H2,18,19,20). The molecule has 21 heavy (non-hydrogen) atoms. The van der Waals surface area contributed by atoms with Gasteiger partial charge >= 0.3 is 0 Å². The van der Waals surface area contributed by atoms with Crippen molar-refractivity contribution < 1.29 is 0 Å². The van der Waals surface area contributed by atoms with Gasteiger partial charge in [0.15, 0.2) is 5.96 Å². The number of rotatable bonds is 6. The highest BCUT2D eigenvalue weighted by Gasteiger charge is 1.98. The molecular formula is C17H24N4. The summed E-state index contributed by atoms with van der Waals surface area (Å²) < 4.78 is 2.15. The van der Waals surface area contributed by atoms with Gasteiger partial charge in [-0.05, 0) is 31.0 Å². The predicted octanol–water partition coefficient (Wildman–Crippen LogP) is 2.20. The van der Waals surface area contributed by atoms with E-state index in [1.165, 1.54) is 11.1 Å². The Labute approximate surface area is 126 Å². The normalized spacial score (nSPS) is 11.4. The number of benzene rings is 1. The van der Waals surface area contributed by atoms with E-state index in [0.29, 0.717) is 0 Å². The second kappa shape index (κ2) is 8.15. The summed E-state index contributed by atoms with van der Waals surface area (Å²) in [5.41, 5.74) is 2.66. The van der Waals surface area contributed by atoms with Gasteiger partial charge in [0.1, 0.15) is 0 Å². The lowest BCUT2D eigenvalue weighted by Crippen LogP contribution is -2.39. The number of nitrogens with one attached hydrogen (secondary N) is 2. The van der Waals surface area contributed by atoms with E-state index in [1.54, 1.807) is 7.05 Å². The fourth-order valence-corrected chi connectivity index (χ4v) is 2.24. The Kier molecular flexibility index (Phi) is 5.88. The number of hydrogen-bond donors (Lipinski definition) is 2. The molecule has 2 aromatic rings. The van der Waals surface area contributed by atoms with Gasteiger partial charge in [-0.1, -0.05) is 29.8 Å². The Balaban J connectivity index is 1.68. The minimum atomic E-state index is 0.856. The van der Waals surface area contributed by atoms with Crippen LogP contribution in [0.5, 0.6) is 0 Å². The summed E-state index contributed by atoms with van der Waals surface area (Å²) in [4.78, 5) is 4.24. The third-order valence-corrected chi connectivity index (χ3v) is 3.34. The van der Waals surface area contributed by atoms with E-state index in [9.17, 15) is 0 Å². The molecule has 1 heterocycles. The second-order valence-corrected chi connectivity index (χ2v) is 5.09. The van der Waals surface area contributed by atoms with E-state index in [1.807, 2.05) is 12.1 Å². The molecule has 4 heteroatoms. The zero-order chi connectivity index (χ0) is 14.9. The molecular weight excluding hydrogens is 260 g/mol. The molecule has 1 aromatic heterocycles. The highest BCUT2D eigenvalue weighted by atomic mass is 15.2. The van der Waals surface area contributed by atoms with Crippen molar-refractivity contribution in [2.75, 3.05) is 20.1 Å². The maximum absolute atomic E-state index is 4.24. The van der Waals surface area contributed by atoms with Crippen molar-refractivity contribution in [1.82, 2.24) is 15.2 Å². The van der Waals surface area contributed by atoms with Gasteiger partial charge in [-0.3, -0.25) is 4.99 Å². The third kappa shape index (κ3) is 5.34. The van der Waals surface area contributed by atoms with Crippen LogP contribution in [0.2, 0.25) is 0 Å². The Morgan fingerprint density at radius 2 is 1.86 bits per heavy atom. The van der Waals surface area contributed by atoms with Crippen molar-refractivity contribution in [3.05, 3.63) is 59.9 Å². The molecule has 0 saturated heterocycles. The monoisotopic (exact) mass is 284 g/mol. The van der Waals surface area contributed by atoms with Crippen LogP contribution in [0.3, 0.4) is 0 Å². The molecule has 0 unspecified atom stereocenters. The van der Waals surface area contributed by atoms with Crippen LogP contribution in [0.1, 0.15) is 11.1 Å². The molecule has 0 aliphatic heterocycles. The first kappa shape index (κ1) is 15.2. The first-order valence-electron chi connectivity index (χ1n) is 7.39. The largest absolute Gasteiger partial charge is 0.356 e. The summed E-state index contributed by atoms with van der Waals surface area (Å²) in [6.45, 7) is 4.80. The van der Waals surface area contributed by atoms with Gasteiger partial charge in [0.25, 0.3) is 0 Å². The van der Waals surface area contributed by atoms with Crippen molar-refractivity contribution in [2.45, 2.75) is 19.9 Å². The molecule has 1 aromatic carbocycles. The maximum atomic E-state index is 4.24. The first-order valence-corrected chi connectivity index (χ1v) is 7.39. The molecule has 0 fully saturated rings. The molecule has 2 N–H and O–H groups in total. The van der Waals surface area contributed by atoms with Crippen molar-refractivity contribution in [3.8, 4) is 0 Å². The van der Waals surface area contributed by atoms with Crippen molar-refractivity contribution in [1.29, 1.82) is 0 Å². The van der Waals surface area contributed by atoms with Crippen LogP contribution in [0.4, 0.5) is 0 Å². The molecule has 0 aliphatic carbocycles. The average molecular weight is 284 g/mol. The fourth-order valence-electron chi connectivity index (χ4n) is 2.24. The van der Waals surface area contributed by atoms with Crippen LogP contribution >= 0.6 is 0 Å². The van der Waals surface area contributed by atoms with Gasteiger partial charge in [-0.25, -0.2) is 0 Å². The van der Waals surface area contributed by atoms with Crippen LogP contribution < -0.4 is 10.6 Å². The average Bonchev–Trinajstić information content (AvgIpc) is 2.99. The summed E-state index contributed by atoms with van der Waals surface area (Å²) in [6.07, 6.45) is 5.13. The summed E-state index contributed by atoms with van der Waals surface area (Å²) in [7, 11) is 1.80. The van der Waals surface area contributed by atoms with E-state index in [4.69, 9.17) is 0 Å². The van der Waals surface area contributed by atoms with Gasteiger partial charge in [-0.2, -0.15) is 0 Å². The molecule has 0 aliphatic rings. The van der Waals surface area contributed by atoms with Crippen LogP contribution in [0.25, 0.3) is 0 Å². The van der Waals surface area contributed by atoms with E-state index < -0.39 is 0 Å². The Morgan fingerprint density at radius 3 is 2.57 bits per heavy atom. The third-order valence-electron chi connectivity index (χ3n) is 3.34. The van der Waals surface area contributed by atoms with E-state index in [-0.39, 0.29) is 0 Å². The molecule has 0 saturated carbocycles. The van der Waals surface area contributed by atoms with Crippen LogP contribution in [-0.4, -0.2) is 30.7 Å². The SMILES string of the molecule is CN=C(NCCc1cccc(C)c1)NCCn1cccc1. The molecule has 0 spiro atoms. The lowest BCUT2D eigenvalue weighted by molar-refractivity contribution is 0.665. The lowest BCUT2D eigenvalue weighted by atomic mass is 10.1. The highest BCUT2D eigenvalue weighted by Crippen LogP contribution is 2.03. The van der Waals surface area contributed by atoms with Gasteiger partial charge in [0.05, 0.1) is 0 Å². The number of nitrogens with zero attached hydrogens (tertiary/aromatic N) is 2. The van der Waals surface area contributed by atoms with Gasteiger partial charge in [0.2, 0.25) is 0 Å². The summed E-state index contributed by atoms with van der Waals surface area (Å²) in [5.74, 6) is 0.856. The molecule has 112 valence electrons. The van der Waals surface area contributed by atoms with E-state index >= 15 is 0 Å². The van der Waals surface area contributed by atoms with Crippen molar-refractivity contribution in [3.63, 3.8) is 0 Å². The smallest absolute Gasteiger partial charge is 0.191 e. The summed E-state index contributed by atoms with van der Waals surface area (Å²) in [6, 6.07) is 12.7. The quantitative estimate of drug-likeness (QED) is 0.631. The molecule has 0 radical (unpaired) electrons. The Bertz CT molecular complexity index is 558. The Hall–Kier alpha value is -2.23. The van der Waals surface area contributed by atoms with Crippen LogP contribution in [0, 0.1) is 6.92 Å². The van der Waals surface area contributed by atoms with Crippen molar-refractivity contribution in [2.24, 2.45) is 4.99 Å².